The standard InChI is InChI=1S/C26H44N2O3/c1-2-3-4-5-6-7-8-9-10-11-12-13-17-20-25(29)27-21-22-31-26(30)28-23-24-18-15-14-16-19-24/h14-16,18-19H,2-13,17,20-23H2,1H3,(H,27,29)(H,28,30). The largest absolute Gasteiger partial charge is 0.448 e. The van der Waals surface area contributed by atoms with E-state index in [9.17, 15) is 9.59 Å². The Balaban J connectivity index is 1.82. The molecule has 5 nitrogen and oxygen atoms in total. The average molecular weight is 433 g/mol. The minimum absolute atomic E-state index is 0.0383. The molecule has 0 spiro atoms. The summed E-state index contributed by atoms with van der Waals surface area (Å²) in [5.74, 6) is 0.0383. The monoisotopic (exact) mass is 432 g/mol. The predicted molar refractivity (Wildman–Crippen MR) is 128 cm³/mol. The van der Waals surface area contributed by atoms with Crippen LogP contribution in [0.1, 0.15) is 102 Å². The van der Waals surface area contributed by atoms with Crippen LogP contribution in [0, 0.1) is 0 Å². The van der Waals surface area contributed by atoms with Gasteiger partial charge in [0.05, 0.1) is 6.54 Å². The normalized spacial score (nSPS) is 10.6. The molecule has 0 radical (unpaired) electrons. The number of nitrogens with one attached hydrogen (secondary N) is 2. The van der Waals surface area contributed by atoms with Gasteiger partial charge >= 0.3 is 6.09 Å². The number of carbonyl (C=O) groups is 2. The van der Waals surface area contributed by atoms with Crippen LogP contribution in [0.25, 0.3) is 0 Å². The van der Waals surface area contributed by atoms with Crippen molar-refractivity contribution in [3.63, 3.8) is 0 Å². The van der Waals surface area contributed by atoms with Gasteiger partial charge in [0.1, 0.15) is 6.61 Å². The predicted octanol–water partition coefficient (Wildman–Crippen LogP) is 6.51. The van der Waals surface area contributed by atoms with Crippen LogP contribution in [0.3, 0.4) is 0 Å². The fraction of sp³-hybridized carbons (Fsp3) is 0.692. The van der Waals surface area contributed by atoms with Gasteiger partial charge in [0, 0.05) is 13.0 Å². The molecule has 176 valence electrons. The zero-order valence-corrected chi connectivity index (χ0v) is 19.6. The second-order valence-electron chi connectivity index (χ2n) is 8.32. The van der Waals surface area contributed by atoms with Gasteiger partial charge in [-0.1, -0.05) is 114 Å². The van der Waals surface area contributed by atoms with E-state index in [0.29, 0.717) is 19.5 Å². The van der Waals surface area contributed by atoms with Crippen molar-refractivity contribution in [3.05, 3.63) is 35.9 Å². The van der Waals surface area contributed by atoms with Crippen molar-refractivity contribution < 1.29 is 14.3 Å². The fourth-order valence-electron chi connectivity index (χ4n) is 3.55. The number of amides is 2. The molecule has 0 aliphatic heterocycles. The molecule has 0 saturated carbocycles. The molecule has 0 aliphatic carbocycles. The highest BCUT2D eigenvalue weighted by Crippen LogP contribution is 2.12. The Morgan fingerprint density at radius 3 is 1.87 bits per heavy atom. The van der Waals surface area contributed by atoms with Gasteiger partial charge in [0.15, 0.2) is 0 Å². The van der Waals surface area contributed by atoms with E-state index in [1.54, 1.807) is 0 Å². The molecule has 0 heterocycles. The lowest BCUT2D eigenvalue weighted by atomic mass is 10.0. The number of hydrogen-bond donors (Lipinski definition) is 2. The summed E-state index contributed by atoms with van der Waals surface area (Å²) in [7, 11) is 0. The van der Waals surface area contributed by atoms with Crippen molar-refractivity contribution in [2.45, 2.75) is 103 Å². The maximum atomic E-state index is 11.8. The SMILES string of the molecule is CCCCCCCCCCCCCCCC(=O)NCCOC(=O)NCc1ccccc1. The van der Waals surface area contributed by atoms with Crippen LogP contribution in [-0.4, -0.2) is 25.2 Å². The molecule has 1 aromatic rings. The Labute approximate surface area is 189 Å². The van der Waals surface area contributed by atoms with Gasteiger partial charge in [-0.15, -0.1) is 0 Å². The van der Waals surface area contributed by atoms with Crippen LogP contribution >= 0.6 is 0 Å². The van der Waals surface area contributed by atoms with Crippen LogP contribution in [-0.2, 0) is 16.1 Å². The van der Waals surface area contributed by atoms with Crippen molar-refractivity contribution >= 4 is 12.0 Å². The average Bonchev–Trinajstić information content (AvgIpc) is 2.79. The summed E-state index contributed by atoms with van der Waals surface area (Å²) in [5.41, 5.74) is 1.02. The zero-order valence-electron chi connectivity index (χ0n) is 19.6. The van der Waals surface area contributed by atoms with Crippen molar-refractivity contribution in [1.82, 2.24) is 10.6 Å². The molecule has 0 unspecified atom stereocenters. The number of ether oxygens (including phenoxy) is 1. The molecule has 5 heteroatoms. The first-order valence-electron chi connectivity index (χ1n) is 12.4. The van der Waals surface area contributed by atoms with E-state index >= 15 is 0 Å². The molecule has 1 aromatic carbocycles. The quantitative estimate of drug-likeness (QED) is 0.245. The van der Waals surface area contributed by atoms with E-state index in [4.69, 9.17) is 4.74 Å². The van der Waals surface area contributed by atoms with Crippen LogP contribution in [0.15, 0.2) is 30.3 Å². The van der Waals surface area contributed by atoms with E-state index in [1.165, 1.54) is 70.6 Å². The van der Waals surface area contributed by atoms with Crippen LogP contribution in [0.5, 0.6) is 0 Å². The molecular weight excluding hydrogens is 388 g/mol. The second kappa shape index (κ2) is 19.9. The van der Waals surface area contributed by atoms with Crippen molar-refractivity contribution in [2.75, 3.05) is 13.2 Å². The summed E-state index contributed by atoms with van der Waals surface area (Å²) in [5, 5.41) is 5.50. The summed E-state index contributed by atoms with van der Waals surface area (Å²) >= 11 is 0. The van der Waals surface area contributed by atoms with E-state index in [-0.39, 0.29) is 12.5 Å². The molecule has 2 amide bonds. The van der Waals surface area contributed by atoms with E-state index in [2.05, 4.69) is 17.6 Å². The first-order chi connectivity index (χ1) is 15.2. The lowest BCUT2D eigenvalue weighted by Gasteiger charge is -2.08. The third-order valence-corrected chi connectivity index (χ3v) is 5.44. The van der Waals surface area contributed by atoms with E-state index < -0.39 is 6.09 Å². The summed E-state index contributed by atoms with van der Waals surface area (Å²) in [6, 6.07) is 9.67. The molecule has 0 saturated heterocycles. The Hall–Kier alpha value is -2.04. The third kappa shape index (κ3) is 17.3. The lowest BCUT2D eigenvalue weighted by Crippen LogP contribution is -2.30. The number of hydrogen-bond acceptors (Lipinski definition) is 3. The van der Waals surface area contributed by atoms with Gasteiger partial charge in [-0.25, -0.2) is 4.79 Å². The minimum atomic E-state index is -0.463. The number of unbranched alkanes of at least 4 members (excludes halogenated alkanes) is 12. The van der Waals surface area contributed by atoms with Gasteiger partial charge in [-0.3, -0.25) is 4.79 Å². The second-order valence-corrected chi connectivity index (χ2v) is 8.32. The van der Waals surface area contributed by atoms with Crippen LogP contribution < -0.4 is 10.6 Å². The van der Waals surface area contributed by atoms with Gasteiger partial charge < -0.3 is 15.4 Å². The Bertz CT molecular complexity index is 563. The molecule has 0 aliphatic rings. The first kappa shape index (κ1) is 27.0. The minimum Gasteiger partial charge on any atom is -0.448 e. The van der Waals surface area contributed by atoms with Crippen molar-refractivity contribution in [2.24, 2.45) is 0 Å². The Kier molecular flexibility index (Phi) is 17.3. The first-order valence-corrected chi connectivity index (χ1v) is 12.4. The van der Waals surface area contributed by atoms with Gasteiger partial charge in [0.2, 0.25) is 5.91 Å². The van der Waals surface area contributed by atoms with Crippen LogP contribution in [0.2, 0.25) is 0 Å². The number of benzene rings is 1. The molecule has 2 N–H and O–H groups in total. The molecule has 0 atom stereocenters. The smallest absolute Gasteiger partial charge is 0.407 e. The Morgan fingerprint density at radius 2 is 1.29 bits per heavy atom. The molecule has 31 heavy (non-hydrogen) atoms. The summed E-state index contributed by atoms with van der Waals surface area (Å²) in [4.78, 5) is 23.5. The molecule has 0 bridgehead atoms. The number of carbonyl (C=O) groups excluding carboxylic acids is 2. The van der Waals surface area contributed by atoms with E-state index in [1.807, 2.05) is 30.3 Å². The van der Waals surface area contributed by atoms with Gasteiger partial charge in [0.25, 0.3) is 0 Å². The van der Waals surface area contributed by atoms with Gasteiger partial charge in [-0.2, -0.15) is 0 Å². The molecule has 0 fully saturated rings. The summed E-state index contributed by atoms with van der Waals surface area (Å²) in [6.45, 7) is 3.24. The third-order valence-electron chi connectivity index (χ3n) is 5.44. The lowest BCUT2D eigenvalue weighted by molar-refractivity contribution is -0.121. The van der Waals surface area contributed by atoms with Crippen molar-refractivity contribution in [1.29, 1.82) is 0 Å². The molecule has 1 rings (SSSR count). The maximum absolute atomic E-state index is 11.8. The number of alkyl carbamates (subject to hydrolysis) is 1. The van der Waals surface area contributed by atoms with Gasteiger partial charge in [-0.05, 0) is 12.0 Å². The number of rotatable bonds is 19. The summed E-state index contributed by atoms with van der Waals surface area (Å²) < 4.78 is 5.07. The molecular formula is C26H44N2O3. The summed E-state index contributed by atoms with van der Waals surface area (Å²) in [6.07, 6.45) is 17.0. The van der Waals surface area contributed by atoms with Crippen LogP contribution in [0.4, 0.5) is 4.79 Å². The van der Waals surface area contributed by atoms with Crippen molar-refractivity contribution in [3.8, 4) is 0 Å². The highest BCUT2D eigenvalue weighted by atomic mass is 16.5. The zero-order chi connectivity index (χ0) is 22.4. The topological polar surface area (TPSA) is 67.4 Å². The fourth-order valence-corrected chi connectivity index (χ4v) is 3.55. The highest BCUT2D eigenvalue weighted by Gasteiger charge is 2.04. The Morgan fingerprint density at radius 1 is 0.742 bits per heavy atom. The maximum Gasteiger partial charge on any atom is 0.407 e. The van der Waals surface area contributed by atoms with E-state index in [0.717, 1.165) is 18.4 Å². The molecule has 0 aromatic heterocycles. The highest BCUT2D eigenvalue weighted by molar-refractivity contribution is 5.75.